The lowest BCUT2D eigenvalue weighted by Crippen LogP contribution is -2.05. The first-order chi connectivity index (χ1) is 11.1. The van der Waals surface area contributed by atoms with Crippen LogP contribution >= 0.6 is 23.2 Å². The lowest BCUT2D eigenvalue weighted by atomic mass is 10.2. The third-order valence-corrected chi connectivity index (χ3v) is 3.72. The van der Waals surface area contributed by atoms with Gasteiger partial charge in [-0.1, -0.05) is 58.7 Å². The number of hydrogen-bond acceptors (Lipinski definition) is 5. The molecule has 7 heteroatoms. The summed E-state index contributed by atoms with van der Waals surface area (Å²) in [6.45, 7) is -0.126. The first kappa shape index (κ1) is 15.5. The zero-order valence-corrected chi connectivity index (χ0v) is 13.2. The molecule has 0 radical (unpaired) electrons. The first-order valence-corrected chi connectivity index (χ1v) is 7.39. The molecule has 5 nitrogen and oxygen atoms in total. The number of halogens is 2. The molecule has 0 spiro atoms. The second-order valence-corrected chi connectivity index (χ2v) is 5.40. The van der Waals surface area contributed by atoms with E-state index in [0.29, 0.717) is 16.4 Å². The number of carbonyl (C=O) groups is 1. The van der Waals surface area contributed by atoms with Crippen LogP contribution in [0.4, 0.5) is 0 Å². The van der Waals surface area contributed by atoms with Gasteiger partial charge in [0.05, 0.1) is 15.6 Å². The summed E-state index contributed by atoms with van der Waals surface area (Å²) in [5, 5.41) is 4.50. The van der Waals surface area contributed by atoms with Gasteiger partial charge in [-0.2, -0.15) is 4.98 Å². The molecule has 0 fully saturated rings. The van der Waals surface area contributed by atoms with Crippen LogP contribution in [0.3, 0.4) is 0 Å². The molecule has 0 N–H and O–H groups in total. The highest BCUT2D eigenvalue weighted by Crippen LogP contribution is 2.23. The molecule has 2 aromatic carbocycles. The van der Waals surface area contributed by atoms with Gasteiger partial charge in [0.15, 0.2) is 6.61 Å². The summed E-state index contributed by atoms with van der Waals surface area (Å²) in [4.78, 5) is 16.1. The van der Waals surface area contributed by atoms with E-state index in [1.54, 1.807) is 0 Å². The molecular formula is C16H10Cl2N2O3. The standard InChI is InChI=1S/C16H10Cl2N2O3/c17-12-7-6-11(8-13(12)18)16(21)22-9-14-19-15(20-23-14)10-4-2-1-3-5-10/h1-8H,9H2. The molecule has 23 heavy (non-hydrogen) atoms. The van der Waals surface area contributed by atoms with Crippen molar-refractivity contribution in [1.82, 2.24) is 10.1 Å². The number of rotatable bonds is 4. The number of carbonyl (C=O) groups excluding carboxylic acids is 1. The number of ether oxygens (including phenoxy) is 1. The minimum absolute atomic E-state index is 0.126. The maximum atomic E-state index is 11.9. The van der Waals surface area contributed by atoms with Crippen molar-refractivity contribution in [3.8, 4) is 11.4 Å². The van der Waals surface area contributed by atoms with Gasteiger partial charge in [0, 0.05) is 5.56 Å². The fraction of sp³-hybridized carbons (Fsp3) is 0.0625. The molecule has 1 aromatic heterocycles. The lowest BCUT2D eigenvalue weighted by Gasteiger charge is -2.03. The van der Waals surface area contributed by atoms with E-state index in [2.05, 4.69) is 10.1 Å². The molecule has 1 heterocycles. The van der Waals surface area contributed by atoms with Gasteiger partial charge in [-0.05, 0) is 18.2 Å². The Morgan fingerprint density at radius 2 is 1.87 bits per heavy atom. The van der Waals surface area contributed by atoms with Gasteiger partial charge in [0.1, 0.15) is 0 Å². The Balaban J connectivity index is 1.65. The normalized spacial score (nSPS) is 10.5. The first-order valence-electron chi connectivity index (χ1n) is 6.63. The van der Waals surface area contributed by atoms with E-state index in [9.17, 15) is 4.79 Å². The summed E-state index contributed by atoms with van der Waals surface area (Å²) in [5.41, 5.74) is 1.11. The van der Waals surface area contributed by atoms with Crippen molar-refractivity contribution < 1.29 is 14.1 Å². The maximum absolute atomic E-state index is 11.9. The van der Waals surface area contributed by atoms with Gasteiger partial charge in [0.25, 0.3) is 5.89 Å². The third-order valence-electron chi connectivity index (χ3n) is 2.98. The van der Waals surface area contributed by atoms with Crippen LogP contribution in [0.5, 0.6) is 0 Å². The van der Waals surface area contributed by atoms with Crippen LogP contribution in [0, 0.1) is 0 Å². The van der Waals surface area contributed by atoms with Crippen LogP contribution in [-0.2, 0) is 11.3 Å². The summed E-state index contributed by atoms with van der Waals surface area (Å²) in [6, 6.07) is 13.8. The van der Waals surface area contributed by atoms with E-state index in [0.717, 1.165) is 5.56 Å². The summed E-state index contributed by atoms with van der Waals surface area (Å²) in [6.07, 6.45) is 0. The Morgan fingerprint density at radius 3 is 2.61 bits per heavy atom. The Bertz CT molecular complexity index is 834. The summed E-state index contributed by atoms with van der Waals surface area (Å²) < 4.78 is 10.2. The van der Waals surface area contributed by atoms with Crippen LogP contribution in [0.25, 0.3) is 11.4 Å². The van der Waals surface area contributed by atoms with Crippen LogP contribution < -0.4 is 0 Å². The molecular weight excluding hydrogens is 339 g/mol. The van der Waals surface area contributed by atoms with E-state index in [1.807, 2.05) is 30.3 Å². The van der Waals surface area contributed by atoms with Gasteiger partial charge in [-0.25, -0.2) is 4.79 Å². The lowest BCUT2D eigenvalue weighted by molar-refractivity contribution is 0.0430. The molecule has 0 amide bonds. The zero-order valence-electron chi connectivity index (χ0n) is 11.7. The van der Waals surface area contributed by atoms with E-state index in [4.69, 9.17) is 32.5 Å². The van der Waals surface area contributed by atoms with Gasteiger partial charge in [-0.15, -0.1) is 0 Å². The van der Waals surface area contributed by atoms with Crippen LogP contribution in [0.1, 0.15) is 16.2 Å². The minimum atomic E-state index is -0.553. The van der Waals surface area contributed by atoms with Gasteiger partial charge < -0.3 is 9.26 Å². The Morgan fingerprint density at radius 1 is 1.09 bits per heavy atom. The molecule has 0 unspecified atom stereocenters. The second-order valence-electron chi connectivity index (χ2n) is 4.58. The van der Waals surface area contributed by atoms with Crippen molar-refractivity contribution >= 4 is 29.2 Å². The number of hydrogen-bond donors (Lipinski definition) is 0. The van der Waals surface area contributed by atoms with E-state index < -0.39 is 5.97 Å². The zero-order chi connectivity index (χ0) is 16.2. The summed E-state index contributed by atoms with van der Waals surface area (Å²) >= 11 is 11.7. The molecule has 0 saturated carbocycles. The van der Waals surface area contributed by atoms with Gasteiger partial charge in [0.2, 0.25) is 5.82 Å². The monoisotopic (exact) mass is 348 g/mol. The fourth-order valence-electron chi connectivity index (χ4n) is 1.85. The van der Waals surface area contributed by atoms with Crippen molar-refractivity contribution in [2.75, 3.05) is 0 Å². The third kappa shape index (κ3) is 3.70. The van der Waals surface area contributed by atoms with Gasteiger partial charge >= 0.3 is 5.97 Å². The Hall–Kier alpha value is -2.37. The molecule has 0 saturated heterocycles. The molecule has 3 aromatic rings. The highest BCUT2D eigenvalue weighted by atomic mass is 35.5. The molecule has 116 valence electrons. The highest BCUT2D eigenvalue weighted by molar-refractivity contribution is 6.42. The van der Waals surface area contributed by atoms with Crippen molar-refractivity contribution in [3.05, 3.63) is 70.0 Å². The smallest absolute Gasteiger partial charge is 0.338 e. The topological polar surface area (TPSA) is 65.2 Å². The van der Waals surface area contributed by atoms with Crippen LogP contribution in [0.15, 0.2) is 53.1 Å². The molecule has 0 aliphatic rings. The molecule has 3 rings (SSSR count). The van der Waals surface area contributed by atoms with Crippen LogP contribution in [-0.4, -0.2) is 16.1 Å². The van der Waals surface area contributed by atoms with Gasteiger partial charge in [-0.3, -0.25) is 0 Å². The average molecular weight is 349 g/mol. The summed E-state index contributed by atoms with van der Waals surface area (Å²) in [5.74, 6) is 0.0893. The Labute approximate surface area is 141 Å². The number of aromatic nitrogens is 2. The largest absolute Gasteiger partial charge is 0.452 e. The summed E-state index contributed by atoms with van der Waals surface area (Å²) in [7, 11) is 0. The molecule has 0 aliphatic carbocycles. The number of benzene rings is 2. The second kappa shape index (κ2) is 6.81. The average Bonchev–Trinajstić information content (AvgIpc) is 3.05. The predicted molar refractivity (Wildman–Crippen MR) is 85.3 cm³/mol. The van der Waals surface area contributed by atoms with E-state index in [-0.39, 0.29) is 17.5 Å². The van der Waals surface area contributed by atoms with Crippen molar-refractivity contribution in [2.45, 2.75) is 6.61 Å². The maximum Gasteiger partial charge on any atom is 0.338 e. The van der Waals surface area contributed by atoms with Crippen molar-refractivity contribution in [1.29, 1.82) is 0 Å². The minimum Gasteiger partial charge on any atom is -0.452 e. The van der Waals surface area contributed by atoms with Crippen LogP contribution in [0.2, 0.25) is 10.0 Å². The highest BCUT2D eigenvalue weighted by Gasteiger charge is 2.13. The van der Waals surface area contributed by atoms with Crippen molar-refractivity contribution in [3.63, 3.8) is 0 Å². The molecule has 0 atom stereocenters. The number of esters is 1. The molecule has 0 aliphatic heterocycles. The van der Waals surface area contributed by atoms with E-state index >= 15 is 0 Å². The quantitative estimate of drug-likeness (QED) is 0.653. The fourth-order valence-corrected chi connectivity index (χ4v) is 2.15. The van der Waals surface area contributed by atoms with E-state index in [1.165, 1.54) is 18.2 Å². The Kier molecular flexibility index (Phi) is 4.60. The van der Waals surface area contributed by atoms with Crippen molar-refractivity contribution in [2.24, 2.45) is 0 Å². The number of nitrogens with zero attached hydrogens (tertiary/aromatic N) is 2. The molecule has 0 bridgehead atoms. The SMILES string of the molecule is O=C(OCc1nc(-c2ccccc2)no1)c1ccc(Cl)c(Cl)c1. The predicted octanol–water partition coefficient (Wildman–Crippen LogP) is 4.40.